The van der Waals surface area contributed by atoms with Gasteiger partial charge in [-0.25, -0.2) is 0 Å². The van der Waals surface area contributed by atoms with Crippen molar-refractivity contribution in [2.45, 2.75) is 39.5 Å². The van der Waals surface area contributed by atoms with Crippen LogP contribution in [0.5, 0.6) is 0 Å². The Labute approximate surface area is 113 Å². The Hall–Kier alpha value is -1.84. The van der Waals surface area contributed by atoms with E-state index >= 15 is 0 Å². The van der Waals surface area contributed by atoms with Crippen molar-refractivity contribution < 1.29 is 14.7 Å². The Balaban J connectivity index is 3.00. The van der Waals surface area contributed by atoms with Crippen molar-refractivity contribution in [1.82, 2.24) is 0 Å². The number of carbonyl (C=O) groups is 2. The number of nitrogens with one attached hydrogen (secondary N) is 1. The molecule has 0 aliphatic carbocycles. The molecule has 1 rings (SSSR count). The van der Waals surface area contributed by atoms with Crippen LogP contribution in [0.15, 0.2) is 24.3 Å². The number of hydrogen-bond acceptors (Lipinski definition) is 2. The molecule has 0 saturated carbocycles. The molecule has 1 aromatic carbocycles. The van der Waals surface area contributed by atoms with Crippen LogP contribution in [0.3, 0.4) is 0 Å². The van der Waals surface area contributed by atoms with Crippen LogP contribution in [0.25, 0.3) is 0 Å². The first-order chi connectivity index (χ1) is 8.77. The highest BCUT2D eigenvalue weighted by Crippen LogP contribution is 2.29. The van der Waals surface area contributed by atoms with Crippen LogP contribution >= 0.6 is 0 Å². The zero-order valence-electron chi connectivity index (χ0n) is 11.9. The van der Waals surface area contributed by atoms with Crippen LogP contribution in [0.4, 0.5) is 5.69 Å². The minimum Gasteiger partial charge on any atom is -0.481 e. The Kier molecular flexibility index (Phi) is 4.70. The van der Waals surface area contributed by atoms with Crippen LogP contribution in [0.1, 0.15) is 39.7 Å². The van der Waals surface area contributed by atoms with Crippen molar-refractivity contribution in [3.05, 3.63) is 29.8 Å². The monoisotopic (exact) mass is 263 g/mol. The van der Waals surface area contributed by atoms with Gasteiger partial charge in [0.15, 0.2) is 0 Å². The topological polar surface area (TPSA) is 66.4 Å². The predicted octanol–water partition coefficient (Wildman–Crippen LogP) is 3.03. The van der Waals surface area contributed by atoms with E-state index in [1.165, 1.54) is 0 Å². The van der Waals surface area contributed by atoms with Crippen molar-refractivity contribution >= 4 is 17.6 Å². The standard InChI is InChI=1S/C15H21NO3/c1-5-10(14(18)19)13(17)16-12-9-7-6-8-11(12)15(2,3)4/h6-10H,5H2,1-4H3,(H,16,17)(H,18,19). The van der Waals surface area contributed by atoms with Crippen molar-refractivity contribution in [3.8, 4) is 0 Å². The van der Waals surface area contributed by atoms with E-state index in [2.05, 4.69) is 5.32 Å². The number of anilines is 1. The Bertz CT molecular complexity index is 475. The summed E-state index contributed by atoms with van der Waals surface area (Å²) in [5, 5.41) is 11.7. The molecule has 4 nitrogen and oxygen atoms in total. The molecule has 0 radical (unpaired) electrons. The lowest BCUT2D eigenvalue weighted by Crippen LogP contribution is -2.30. The first-order valence-corrected chi connectivity index (χ1v) is 6.40. The van der Waals surface area contributed by atoms with Gasteiger partial charge in [0.05, 0.1) is 0 Å². The molecule has 0 fully saturated rings. The average Bonchev–Trinajstić information content (AvgIpc) is 2.28. The number of para-hydroxylation sites is 1. The molecule has 0 spiro atoms. The molecule has 19 heavy (non-hydrogen) atoms. The van der Waals surface area contributed by atoms with E-state index in [4.69, 9.17) is 5.11 Å². The van der Waals surface area contributed by atoms with Crippen molar-refractivity contribution in [3.63, 3.8) is 0 Å². The summed E-state index contributed by atoms with van der Waals surface area (Å²) in [6.45, 7) is 7.83. The second kappa shape index (κ2) is 5.87. The number of amides is 1. The fourth-order valence-corrected chi connectivity index (χ4v) is 1.94. The zero-order chi connectivity index (χ0) is 14.6. The number of carboxylic acids is 1. The van der Waals surface area contributed by atoms with Crippen molar-refractivity contribution in [2.24, 2.45) is 5.92 Å². The van der Waals surface area contributed by atoms with Gasteiger partial charge in [0.2, 0.25) is 5.91 Å². The fourth-order valence-electron chi connectivity index (χ4n) is 1.94. The Morgan fingerprint density at radius 3 is 2.32 bits per heavy atom. The van der Waals surface area contributed by atoms with Crippen LogP contribution < -0.4 is 5.32 Å². The number of benzene rings is 1. The smallest absolute Gasteiger partial charge is 0.316 e. The molecule has 0 aliphatic rings. The number of carbonyl (C=O) groups excluding carboxylic acids is 1. The van der Waals surface area contributed by atoms with E-state index in [-0.39, 0.29) is 11.8 Å². The summed E-state index contributed by atoms with van der Waals surface area (Å²) in [7, 11) is 0. The molecule has 1 aromatic rings. The lowest BCUT2D eigenvalue weighted by atomic mass is 9.85. The maximum absolute atomic E-state index is 12.0. The van der Waals surface area contributed by atoms with Crippen molar-refractivity contribution in [1.29, 1.82) is 0 Å². The highest BCUT2D eigenvalue weighted by atomic mass is 16.4. The van der Waals surface area contributed by atoms with Gasteiger partial charge in [0.1, 0.15) is 5.92 Å². The highest BCUT2D eigenvalue weighted by molar-refractivity contribution is 6.04. The number of hydrogen-bond donors (Lipinski definition) is 2. The number of carboxylic acid groups (broad SMARTS) is 1. The summed E-state index contributed by atoms with van der Waals surface area (Å²) < 4.78 is 0. The van der Waals surface area contributed by atoms with Crippen LogP contribution in [0.2, 0.25) is 0 Å². The molecule has 0 aromatic heterocycles. The molecule has 0 heterocycles. The summed E-state index contributed by atoms with van der Waals surface area (Å²) in [4.78, 5) is 23.0. The molecule has 0 saturated heterocycles. The molecule has 1 amide bonds. The minimum absolute atomic E-state index is 0.116. The van der Waals surface area contributed by atoms with E-state index in [1.807, 2.05) is 39.0 Å². The first kappa shape index (κ1) is 15.2. The van der Waals surface area contributed by atoms with Crippen molar-refractivity contribution in [2.75, 3.05) is 5.32 Å². The Morgan fingerprint density at radius 1 is 1.26 bits per heavy atom. The lowest BCUT2D eigenvalue weighted by Gasteiger charge is -2.23. The third-order valence-corrected chi connectivity index (χ3v) is 3.02. The SMILES string of the molecule is CCC(C(=O)O)C(=O)Nc1ccccc1C(C)(C)C. The van der Waals surface area contributed by atoms with Gasteiger partial charge in [-0.1, -0.05) is 45.9 Å². The number of aliphatic carboxylic acids is 1. The van der Waals surface area contributed by atoms with Gasteiger partial charge < -0.3 is 10.4 Å². The van der Waals surface area contributed by atoms with Gasteiger partial charge in [0, 0.05) is 5.69 Å². The molecule has 1 unspecified atom stereocenters. The third-order valence-electron chi connectivity index (χ3n) is 3.02. The van der Waals surface area contributed by atoms with Gasteiger partial charge in [-0.15, -0.1) is 0 Å². The lowest BCUT2D eigenvalue weighted by molar-refractivity contribution is -0.145. The average molecular weight is 263 g/mol. The van der Waals surface area contributed by atoms with E-state index in [0.717, 1.165) is 5.56 Å². The summed E-state index contributed by atoms with van der Waals surface area (Å²) >= 11 is 0. The second-order valence-corrected chi connectivity index (χ2v) is 5.58. The zero-order valence-corrected chi connectivity index (χ0v) is 11.9. The summed E-state index contributed by atoms with van der Waals surface area (Å²) in [6.07, 6.45) is 0.277. The first-order valence-electron chi connectivity index (χ1n) is 6.40. The van der Waals surface area contributed by atoms with Gasteiger partial charge in [-0.3, -0.25) is 9.59 Å². The maximum atomic E-state index is 12.0. The summed E-state index contributed by atoms with van der Waals surface area (Å²) in [6, 6.07) is 7.47. The molecule has 4 heteroatoms. The van der Waals surface area contributed by atoms with E-state index < -0.39 is 17.8 Å². The van der Waals surface area contributed by atoms with Crippen LogP contribution in [-0.4, -0.2) is 17.0 Å². The molecule has 104 valence electrons. The second-order valence-electron chi connectivity index (χ2n) is 5.58. The maximum Gasteiger partial charge on any atom is 0.316 e. The summed E-state index contributed by atoms with van der Waals surface area (Å²) in [5.41, 5.74) is 1.55. The minimum atomic E-state index is -1.09. The quantitative estimate of drug-likeness (QED) is 0.820. The van der Waals surface area contributed by atoms with Gasteiger partial charge >= 0.3 is 5.97 Å². The summed E-state index contributed by atoms with van der Waals surface area (Å²) in [5.74, 6) is -2.56. The fraction of sp³-hybridized carbons (Fsp3) is 0.467. The molecule has 0 aliphatic heterocycles. The van der Waals surface area contributed by atoms with E-state index in [0.29, 0.717) is 5.69 Å². The Morgan fingerprint density at radius 2 is 1.84 bits per heavy atom. The third kappa shape index (κ3) is 3.81. The van der Waals surface area contributed by atoms with E-state index in [9.17, 15) is 9.59 Å². The number of rotatable bonds is 4. The molecule has 2 N–H and O–H groups in total. The van der Waals surface area contributed by atoms with Gasteiger partial charge in [0.25, 0.3) is 0 Å². The van der Waals surface area contributed by atoms with Gasteiger partial charge in [-0.05, 0) is 23.5 Å². The van der Waals surface area contributed by atoms with Crippen LogP contribution in [0, 0.1) is 5.92 Å². The van der Waals surface area contributed by atoms with Crippen LogP contribution in [-0.2, 0) is 15.0 Å². The predicted molar refractivity (Wildman–Crippen MR) is 75.2 cm³/mol. The van der Waals surface area contributed by atoms with Gasteiger partial charge in [-0.2, -0.15) is 0 Å². The molecule has 0 bridgehead atoms. The molecular weight excluding hydrogens is 242 g/mol. The molecular formula is C15H21NO3. The molecule has 1 atom stereocenters. The van der Waals surface area contributed by atoms with E-state index in [1.54, 1.807) is 13.0 Å². The normalized spacial score (nSPS) is 12.8. The largest absolute Gasteiger partial charge is 0.481 e. The highest BCUT2D eigenvalue weighted by Gasteiger charge is 2.26.